The molecule has 4 heterocycles. The molecule has 8 aromatic rings. The minimum absolute atomic E-state index is 0.410. The molecule has 1 N–H and O–H groups in total. The molecule has 8 nitrogen and oxygen atoms in total. The van der Waals surface area contributed by atoms with Crippen molar-refractivity contribution in [3.63, 3.8) is 0 Å². The minimum atomic E-state index is -0.410. The van der Waals surface area contributed by atoms with E-state index in [1.54, 1.807) is 0 Å². The molecular formula is C40H37BClCoN8. The molecule has 0 atom stereocenters. The normalized spacial score (nSPS) is 10.7. The van der Waals surface area contributed by atoms with Crippen LogP contribution in [0.25, 0.3) is 45.0 Å². The first kappa shape index (κ1) is 35.4. The van der Waals surface area contributed by atoms with Crippen molar-refractivity contribution in [2.75, 3.05) is 0 Å². The molecule has 0 aliphatic rings. The van der Waals surface area contributed by atoms with Crippen LogP contribution in [0.4, 0.5) is 0 Å². The van der Waals surface area contributed by atoms with E-state index in [4.69, 9.17) is 15.3 Å². The average Bonchev–Trinajstić information content (AvgIpc) is 3.99. The molecule has 0 saturated carbocycles. The number of nitrogens with one attached hydrogen (secondary N) is 1. The van der Waals surface area contributed by atoms with Crippen LogP contribution in [-0.2, 0) is 14.8 Å². The van der Waals surface area contributed by atoms with Gasteiger partial charge >= 0.3 is 25.0 Å². The Morgan fingerprint density at radius 3 is 1.02 bits per heavy atom. The monoisotopic (exact) mass is 734 g/mol. The van der Waals surface area contributed by atoms with Gasteiger partial charge in [0.1, 0.15) is 0 Å². The summed E-state index contributed by atoms with van der Waals surface area (Å²) in [4.78, 5) is 0. The van der Waals surface area contributed by atoms with E-state index >= 15 is 0 Å². The van der Waals surface area contributed by atoms with Crippen molar-refractivity contribution >= 4 is 17.3 Å². The van der Waals surface area contributed by atoms with Gasteiger partial charge in [0.15, 0.2) is 0 Å². The molecule has 11 heteroatoms. The molecule has 8 rings (SSSR count). The fourth-order valence-corrected chi connectivity index (χ4v) is 5.90. The van der Waals surface area contributed by atoms with E-state index in [0.717, 1.165) is 67.8 Å². The number of aryl methyl sites for hydroxylation is 4. The predicted octanol–water partition coefficient (Wildman–Crippen LogP) is 9.20. The van der Waals surface area contributed by atoms with E-state index in [9.17, 15) is 0 Å². The van der Waals surface area contributed by atoms with E-state index in [0.29, 0.717) is 0 Å². The Morgan fingerprint density at radius 1 is 0.451 bits per heavy atom. The summed E-state index contributed by atoms with van der Waals surface area (Å²) in [5.74, 6) is 0. The molecule has 4 aromatic carbocycles. The zero-order valence-corrected chi connectivity index (χ0v) is 30.6. The number of nitrogens with zero attached hydrogens (tertiary/aromatic N) is 7. The summed E-state index contributed by atoms with van der Waals surface area (Å²) < 4.78 is 6.06. The van der Waals surface area contributed by atoms with Gasteiger partial charge in [0, 0.05) is 27.9 Å². The molecule has 0 bridgehead atoms. The molecule has 0 fully saturated rings. The van der Waals surface area contributed by atoms with Crippen molar-refractivity contribution < 1.29 is 14.8 Å². The third kappa shape index (κ3) is 8.15. The number of aromatic amines is 1. The van der Waals surface area contributed by atoms with Gasteiger partial charge in [-0.1, -0.05) is 121 Å². The second-order valence-electron chi connectivity index (χ2n) is 12.1. The predicted molar refractivity (Wildman–Crippen MR) is 204 cm³/mol. The van der Waals surface area contributed by atoms with Crippen LogP contribution in [0.2, 0.25) is 0 Å². The van der Waals surface area contributed by atoms with Gasteiger partial charge in [0.2, 0.25) is 0 Å². The Bertz CT molecular complexity index is 2080. The molecule has 0 unspecified atom stereocenters. The molecule has 4 aromatic heterocycles. The Balaban J connectivity index is 0.000000268. The second kappa shape index (κ2) is 16.5. The average molecular weight is 735 g/mol. The number of hydrogen-bond donors (Lipinski definition) is 1. The zero-order valence-electron chi connectivity index (χ0n) is 28.8. The van der Waals surface area contributed by atoms with E-state index < -0.39 is 7.12 Å². The van der Waals surface area contributed by atoms with Gasteiger partial charge in [0.25, 0.3) is 7.12 Å². The summed E-state index contributed by atoms with van der Waals surface area (Å²) >= 11 is 3.03. The summed E-state index contributed by atoms with van der Waals surface area (Å²) in [6.45, 7) is 8.25. The summed E-state index contributed by atoms with van der Waals surface area (Å²) in [5.41, 5.74) is 12.3. The van der Waals surface area contributed by atoms with Gasteiger partial charge in [-0.25, -0.2) is 15.3 Å². The number of hydrogen-bond acceptors (Lipinski definition) is 4. The quantitative estimate of drug-likeness (QED) is 0.166. The molecule has 0 aliphatic carbocycles. The molecule has 0 aliphatic heterocycles. The number of H-pyrrole nitrogens is 1. The fraction of sp³-hybridized carbons (Fsp3) is 0.100. The van der Waals surface area contributed by atoms with Gasteiger partial charge in [-0.15, -0.1) is 0 Å². The molecule has 51 heavy (non-hydrogen) atoms. The fourth-order valence-electron chi connectivity index (χ4n) is 5.90. The topological polar surface area (TPSA) is 82.1 Å². The molecule has 1 radical (unpaired) electrons. The first-order valence-corrected chi connectivity index (χ1v) is 17.9. The molecule has 0 saturated heterocycles. The van der Waals surface area contributed by atoms with Crippen molar-refractivity contribution in [2.45, 2.75) is 27.7 Å². The molecule has 0 spiro atoms. The third-order valence-corrected chi connectivity index (χ3v) is 8.41. The van der Waals surface area contributed by atoms with E-state index in [2.05, 4.69) is 123 Å². The van der Waals surface area contributed by atoms with Crippen LogP contribution in [0.15, 0.2) is 146 Å². The van der Waals surface area contributed by atoms with Crippen LogP contribution in [-0.4, -0.2) is 46.4 Å². The Hall–Kier alpha value is -5.42. The van der Waals surface area contributed by atoms with Gasteiger partial charge in [-0.2, -0.15) is 5.10 Å². The van der Waals surface area contributed by atoms with Crippen LogP contribution < -0.4 is 0 Å². The van der Waals surface area contributed by atoms with Crippen LogP contribution in [0, 0.1) is 27.7 Å². The van der Waals surface area contributed by atoms with Crippen molar-refractivity contribution in [2.24, 2.45) is 0 Å². The number of rotatable bonds is 7. The zero-order chi connectivity index (χ0) is 35.7. The molecular weight excluding hydrogens is 698 g/mol. The van der Waals surface area contributed by atoms with E-state index in [1.165, 1.54) is 0 Å². The van der Waals surface area contributed by atoms with E-state index in [1.807, 2.05) is 99.6 Å². The van der Waals surface area contributed by atoms with Gasteiger partial charge in [-0.05, 0) is 69.0 Å². The SMILES string of the molecule is Cc1cc(-c2ccccc2)n[nH]1.Cc1cc(-c2ccccc2)nn1[B-](n1nc(-c2ccccc2)cc1C)n1nc(-c2ccccc2)cc1C.[Cl][Co+]. The van der Waals surface area contributed by atoms with Crippen LogP contribution in [0.3, 0.4) is 0 Å². The summed E-state index contributed by atoms with van der Waals surface area (Å²) in [7, 11) is 3.92. The van der Waals surface area contributed by atoms with Gasteiger partial charge in [-0.3, -0.25) is 5.10 Å². The van der Waals surface area contributed by atoms with Gasteiger partial charge < -0.3 is 13.8 Å². The summed E-state index contributed by atoms with van der Waals surface area (Å²) in [5, 5.41) is 22.3. The van der Waals surface area contributed by atoms with Crippen molar-refractivity contribution in [3.05, 3.63) is 168 Å². The number of aromatic nitrogens is 8. The number of benzene rings is 4. The molecule has 256 valence electrons. The first-order chi connectivity index (χ1) is 24.9. The second-order valence-corrected chi connectivity index (χ2v) is 12.1. The standard InChI is InChI=1S/C30H27BN6.C10H10N2.ClH.Co/c1-22-19-28(25-13-7-4-8-14-25)32-35(22)31(36-23(2)20-29(33-36)26-15-9-5-10-16-26)37-24(3)21-30(34-37)27-17-11-6-12-18-27;1-8-7-10(12-11-8)9-5-3-2-4-6-9;;/h4-21H,1-3H3;2-7H,1H3,(H,11,12);1H;/q-1;;;+2/p-1. The molecule has 0 amide bonds. The maximum atomic E-state index is 5.07. The van der Waals surface area contributed by atoms with E-state index in [-0.39, 0.29) is 0 Å². The van der Waals surface area contributed by atoms with Crippen LogP contribution in [0.1, 0.15) is 22.8 Å². The van der Waals surface area contributed by atoms with Crippen molar-refractivity contribution in [1.29, 1.82) is 0 Å². The first-order valence-electron chi connectivity index (χ1n) is 16.5. The Labute approximate surface area is 311 Å². The Morgan fingerprint density at radius 2 is 0.745 bits per heavy atom. The Kier molecular flexibility index (Phi) is 11.5. The summed E-state index contributed by atoms with van der Waals surface area (Å²) in [6, 6.07) is 49.3. The summed E-state index contributed by atoms with van der Waals surface area (Å²) in [6.07, 6.45) is 0. The van der Waals surface area contributed by atoms with Crippen molar-refractivity contribution in [1.82, 2.24) is 39.3 Å². The van der Waals surface area contributed by atoms with Crippen LogP contribution >= 0.6 is 10.1 Å². The van der Waals surface area contributed by atoms with Gasteiger partial charge in [0.05, 0.1) is 22.8 Å². The van der Waals surface area contributed by atoms with Crippen molar-refractivity contribution in [3.8, 4) is 45.0 Å². The third-order valence-electron chi connectivity index (χ3n) is 8.41. The number of halogens is 1. The van der Waals surface area contributed by atoms with Crippen LogP contribution in [0.5, 0.6) is 0 Å². The maximum absolute atomic E-state index is 5.07.